The first kappa shape index (κ1) is 18.0. The molecule has 3 aliphatic carbocycles. The molecule has 6 nitrogen and oxygen atoms in total. The van der Waals surface area contributed by atoms with Crippen LogP contribution in [0.15, 0.2) is 18.2 Å². The number of hydrogen-bond donors (Lipinski definition) is 0. The number of carbonyl (C=O) groups excluding carboxylic acids is 3. The Kier molecular flexibility index (Phi) is 5.14. The lowest BCUT2D eigenvalue weighted by atomic mass is 9.95. The quantitative estimate of drug-likeness (QED) is 0.558. The van der Waals surface area contributed by atoms with Crippen LogP contribution in [0.4, 0.5) is 0 Å². The molecule has 0 saturated heterocycles. The summed E-state index contributed by atoms with van der Waals surface area (Å²) in [6.07, 6.45) is 7.97. The predicted molar refractivity (Wildman–Crippen MR) is 95.6 cm³/mol. The van der Waals surface area contributed by atoms with Gasteiger partial charge in [-0.3, -0.25) is 0 Å². The fourth-order valence-corrected chi connectivity index (χ4v) is 3.13. The summed E-state index contributed by atoms with van der Waals surface area (Å²) in [7, 11) is 0. The maximum Gasteiger partial charge on any atom is 0.339 e. The minimum atomic E-state index is -0.585. The molecular formula is C21H24O6. The summed E-state index contributed by atoms with van der Waals surface area (Å²) in [5, 5.41) is 0. The van der Waals surface area contributed by atoms with Crippen molar-refractivity contribution in [3.8, 4) is 0 Å². The molecular weight excluding hydrogens is 348 g/mol. The number of hydrogen-bond acceptors (Lipinski definition) is 6. The highest BCUT2D eigenvalue weighted by molar-refractivity contribution is 6.05. The summed E-state index contributed by atoms with van der Waals surface area (Å²) >= 11 is 0. The monoisotopic (exact) mass is 372 g/mol. The van der Waals surface area contributed by atoms with Crippen LogP contribution in [0.5, 0.6) is 0 Å². The van der Waals surface area contributed by atoms with E-state index >= 15 is 0 Å². The second-order valence-corrected chi connectivity index (χ2v) is 7.64. The van der Waals surface area contributed by atoms with Gasteiger partial charge in [0.25, 0.3) is 0 Å². The highest BCUT2D eigenvalue weighted by atomic mass is 16.6. The molecule has 144 valence electrons. The first-order valence-corrected chi connectivity index (χ1v) is 9.87. The zero-order chi connectivity index (χ0) is 18.8. The Morgan fingerprint density at radius 3 is 1.52 bits per heavy atom. The van der Waals surface area contributed by atoms with Crippen LogP contribution in [-0.2, 0) is 14.2 Å². The van der Waals surface area contributed by atoms with Gasteiger partial charge in [-0.15, -0.1) is 0 Å². The van der Waals surface area contributed by atoms with Crippen molar-refractivity contribution < 1.29 is 28.6 Å². The zero-order valence-electron chi connectivity index (χ0n) is 15.3. The SMILES string of the molecule is O=C(OC1CCC1)c1ccc(C(=O)OC2CCC2)c(C(=O)OC2CCC2)c1. The molecule has 3 saturated carbocycles. The summed E-state index contributed by atoms with van der Waals surface area (Å²) in [5.41, 5.74) is 0.475. The van der Waals surface area contributed by atoms with Crippen LogP contribution in [0.2, 0.25) is 0 Å². The van der Waals surface area contributed by atoms with E-state index in [1.165, 1.54) is 18.2 Å². The van der Waals surface area contributed by atoms with Crippen molar-refractivity contribution in [3.05, 3.63) is 34.9 Å². The maximum atomic E-state index is 12.6. The van der Waals surface area contributed by atoms with E-state index in [0.29, 0.717) is 0 Å². The standard InChI is InChI=1S/C21H24O6/c22-19(25-14-4-1-5-14)13-10-11-17(20(23)26-15-6-2-7-15)18(12-13)21(24)27-16-8-3-9-16/h10-12,14-16H,1-9H2. The topological polar surface area (TPSA) is 78.9 Å². The zero-order valence-corrected chi connectivity index (χ0v) is 15.3. The minimum absolute atomic E-state index is 0.0499. The average molecular weight is 372 g/mol. The molecule has 0 spiro atoms. The van der Waals surface area contributed by atoms with Crippen molar-refractivity contribution in [2.45, 2.75) is 76.1 Å². The van der Waals surface area contributed by atoms with Gasteiger partial charge in [0, 0.05) is 0 Å². The van der Waals surface area contributed by atoms with Crippen LogP contribution in [0.3, 0.4) is 0 Å². The first-order valence-electron chi connectivity index (χ1n) is 9.87. The Bertz CT molecular complexity index is 743. The number of benzene rings is 1. The largest absolute Gasteiger partial charge is 0.459 e. The fourth-order valence-electron chi connectivity index (χ4n) is 3.13. The Labute approximate surface area is 158 Å². The second kappa shape index (κ2) is 7.71. The van der Waals surface area contributed by atoms with Crippen LogP contribution in [0.1, 0.15) is 88.9 Å². The molecule has 0 aliphatic heterocycles. The van der Waals surface area contributed by atoms with Crippen molar-refractivity contribution in [2.24, 2.45) is 0 Å². The molecule has 0 radical (unpaired) electrons. The molecule has 0 atom stereocenters. The van der Waals surface area contributed by atoms with Crippen LogP contribution in [-0.4, -0.2) is 36.2 Å². The molecule has 0 aromatic heterocycles. The fraction of sp³-hybridized carbons (Fsp3) is 0.571. The van der Waals surface area contributed by atoms with Gasteiger partial charge in [-0.1, -0.05) is 0 Å². The number of ether oxygens (including phenoxy) is 3. The average Bonchev–Trinajstić information content (AvgIpc) is 2.56. The molecule has 3 aliphatic rings. The van der Waals surface area contributed by atoms with E-state index in [0.717, 1.165) is 57.8 Å². The lowest BCUT2D eigenvalue weighted by Crippen LogP contribution is -2.29. The molecule has 1 aromatic rings. The van der Waals surface area contributed by atoms with Crippen LogP contribution in [0.25, 0.3) is 0 Å². The Balaban J connectivity index is 1.54. The van der Waals surface area contributed by atoms with Gasteiger partial charge in [-0.25, -0.2) is 14.4 Å². The van der Waals surface area contributed by atoms with Crippen molar-refractivity contribution in [1.29, 1.82) is 0 Å². The van der Waals surface area contributed by atoms with Gasteiger partial charge >= 0.3 is 17.9 Å². The van der Waals surface area contributed by atoms with Crippen LogP contribution >= 0.6 is 0 Å². The van der Waals surface area contributed by atoms with Crippen molar-refractivity contribution >= 4 is 17.9 Å². The van der Waals surface area contributed by atoms with E-state index in [9.17, 15) is 14.4 Å². The molecule has 27 heavy (non-hydrogen) atoms. The van der Waals surface area contributed by atoms with Crippen molar-refractivity contribution in [2.75, 3.05) is 0 Å². The lowest BCUT2D eigenvalue weighted by molar-refractivity contribution is 0.00421. The number of rotatable bonds is 6. The summed E-state index contributed by atoms with van der Waals surface area (Å²) in [5.74, 6) is -1.60. The highest BCUT2D eigenvalue weighted by Gasteiger charge is 2.30. The summed E-state index contributed by atoms with van der Waals surface area (Å²) in [6.45, 7) is 0. The summed E-state index contributed by atoms with van der Waals surface area (Å²) in [6, 6.07) is 4.38. The van der Waals surface area contributed by atoms with E-state index in [1.807, 2.05) is 0 Å². The molecule has 0 amide bonds. The van der Waals surface area contributed by atoms with Gasteiger partial charge in [0.1, 0.15) is 18.3 Å². The van der Waals surface area contributed by atoms with E-state index in [4.69, 9.17) is 14.2 Å². The third-order valence-electron chi connectivity index (χ3n) is 5.67. The predicted octanol–water partition coefficient (Wildman–Crippen LogP) is 3.81. The normalized spacial score (nSPS) is 20.0. The van der Waals surface area contributed by atoms with E-state index in [2.05, 4.69) is 0 Å². The van der Waals surface area contributed by atoms with Gasteiger partial charge in [0.2, 0.25) is 0 Å². The molecule has 1 aromatic carbocycles. The second-order valence-electron chi connectivity index (χ2n) is 7.64. The molecule has 0 bridgehead atoms. The van der Waals surface area contributed by atoms with Crippen LogP contribution < -0.4 is 0 Å². The van der Waals surface area contributed by atoms with Crippen molar-refractivity contribution in [1.82, 2.24) is 0 Å². The molecule has 6 heteroatoms. The van der Waals surface area contributed by atoms with Gasteiger partial charge in [-0.2, -0.15) is 0 Å². The number of carbonyl (C=O) groups is 3. The summed E-state index contributed by atoms with van der Waals surface area (Å²) < 4.78 is 16.3. The Hall–Kier alpha value is -2.37. The molecule has 0 N–H and O–H groups in total. The molecule has 3 fully saturated rings. The van der Waals surface area contributed by atoms with Gasteiger partial charge < -0.3 is 14.2 Å². The van der Waals surface area contributed by atoms with E-state index in [1.54, 1.807) is 0 Å². The molecule has 0 heterocycles. The van der Waals surface area contributed by atoms with Gasteiger partial charge in [0.15, 0.2) is 0 Å². The highest BCUT2D eigenvalue weighted by Crippen LogP contribution is 2.28. The third-order valence-corrected chi connectivity index (χ3v) is 5.67. The smallest absolute Gasteiger partial charge is 0.339 e. The van der Waals surface area contributed by atoms with E-state index < -0.39 is 17.9 Å². The van der Waals surface area contributed by atoms with Gasteiger partial charge in [-0.05, 0) is 76.0 Å². The third kappa shape index (κ3) is 3.99. The minimum Gasteiger partial charge on any atom is -0.459 e. The molecule has 0 unspecified atom stereocenters. The van der Waals surface area contributed by atoms with Crippen molar-refractivity contribution in [3.63, 3.8) is 0 Å². The maximum absolute atomic E-state index is 12.6. The van der Waals surface area contributed by atoms with E-state index in [-0.39, 0.29) is 35.0 Å². The van der Waals surface area contributed by atoms with Gasteiger partial charge in [0.05, 0.1) is 16.7 Å². The summed E-state index contributed by atoms with van der Waals surface area (Å²) in [4.78, 5) is 37.5. The Morgan fingerprint density at radius 1 is 0.630 bits per heavy atom. The lowest BCUT2D eigenvalue weighted by Gasteiger charge is -2.27. The molecule has 4 rings (SSSR count). The first-order chi connectivity index (χ1) is 13.1. The Morgan fingerprint density at radius 2 is 1.07 bits per heavy atom. The number of esters is 3. The van der Waals surface area contributed by atoms with Crippen LogP contribution in [0, 0.1) is 0 Å².